The number of imide groups is 1. The molecule has 0 saturated carbocycles. The third kappa shape index (κ3) is 5.63. The van der Waals surface area contributed by atoms with Gasteiger partial charge >= 0.3 is 5.97 Å². The monoisotopic (exact) mass is 498 g/mol. The Morgan fingerprint density at radius 2 is 2.09 bits per heavy atom. The molecule has 3 aliphatic rings. The molecule has 3 aliphatic heterocycles. The second-order valence-corrected chi connectivity index (χ2v) is 8.92. The van der Waals surface area contributed by atoms with Crippen LogP contribution in [0.5, 0.6) is 0 Å². The molecule has 0 spiro atoms. The van der Waals surface area contributed by atoms with E-state index in [4.69, 9.17) is 21.4 Å². The molecule has 2 N–H and O–H groups in total. The second kappa shape index (κ2) is 10.5. The number of carboxylic acid groups (broad SMARTS) is 1. The van der Waals surface area contributed by atoms with E-state index in [-0.39, 0.29) is 29.9 Å². The minimum atomic E-state index is -1.33. The van der Waals surface area contributed by atoms with Gasteiger partial charge in [-0.05, 0) is 30.2 Å². The molecule has 2 atom stereocenters. The van der Waals surface area contributed by atoms with Crippen molar-refractivity contribution in [2.75, 3.05) is 26.7 Å². The van der Waals surface area contributed by atoms with E-state index in [0.29, 0.717) is 46.8 Å². The van der Waals surface area contributed by atoms with Crippen LogP contribution in [0.1, 0.15) is 26.2 Å². The van der Waals surface area contributed by atoms with Crippen molar-refractivity contribution in [3.05, 3.63) is 21.7 Å². The minimum Gasteiger partial charge on any atom is -0.480 e. The van der Waals surface area contributed by atoms with Gasteiger partial charge < -0.3 is 20.1 Å². The van der Waals surface area contributed by atoms with E-state index in [1.54, 1.807) is 0 Å². The molecule has 4 amide bonds. The van der Waals surface area contributed by atoms with E-state index in [2.05, 4.69) is 10.3 Å². The number of nitrogens with one attached hydrogen (secondary N) is 1. The van der Waals surface area contributed by atoms with Crippen LogP contribution >= 0.6 is 23.4 Å². The molecule has 0 radical (unpaired) electrons. The van der Waals surface area contributed by atoms with Gasteiger partial charge in [0.05, 0.1) is 17.1 Å². The summed E-state index contributed by atoms with van der Waals surface area (Å²) in [6.45, 7) is 1.61. The fourth-order valence-corrected chi connectivity index (χ4v) is 4.77. The Bertz CT molecular complexity index is 993. The number of piperidine rings is 1. The number of likely N-dealkylation sites (tertiary alicyclic amines) is 1. The first-order valence-corrected chi connectivity index (χ1v) is 11.4. The molecule has 11 nitrogen and oxygen atoms in total. The van der Waals surface area contributed by atoms with E-state index in [1.807, 2.05) is 6.92 Å². The molecule has 0 aromatic rings. The van der Waals surface area contributed by atoms with Gasteiger partial charge in [0.15, 0.2) is 0 Å². The van der Waals surface area contributed by atoms with Crippen LogP contribution in [-0.4, -0.2) is 88.4 Å². The highest BCUT2D eigenvalue weighted by atomic mass is 35.5. The van der Waals surface area contributed by atoms with Crippen LogP contribution in [0.15, 0.2) is 26.7 Å². The molecule has 0 bridgehead atoms. The van der Waals surface area contributed by atoms with Crippen molar-refractivity contribution in [2.45, 2.75) is 38.3 Å². The number of carboxylic acids is 1. The molecule has 33 heavy (non-hydrogen) atoms. The van der Waals surface area contributed by atoms with Gasteiger partial charge in [-0.3, -0.25) is 28.9 Å². The van der Waals surface area contributed by atoms with Gasteiger partial charge in [0.25, 0.3) is 17.1 Å². The summed E-state index contributed by atoms with van der Waals surface area (Å²) in [7, 11) is 1.47. The van der Waals surface area contributed by atoms with E-state index < -0.39 is 35.7 Å². The first-order valence-electron chi connectivity index (χ1n) is 10.2. The molecule has 0 aliphatic carbocycles. The van der Waals surface area contributed by atoms with E-state index in [1.165, 1.54) is 12.0 Å². The number of allylic oxidation sites excluding steroid dienone is 1. The minimum absolute atomic E-state index is 0.133. The van der Waals surface area contributed by atoms with Gasteiger partial charge in [-0.15, -0.1) is 0 Å². The molecule has 3 heterocycles. The highest BCUT2D eigenvalue weighted by molar-refractivity contribution is 8.18. The number of methoxy groups -OCH3 is 1. The lowest BCUT2D eigenvalue weighted by Crippen LogP contribution is -2.56. The second-order valence-electron chi connectivity index (χ2n) is 7.57. The number of carbonyl (C=O) groups excluding carboxylic acids is 4. The van der Waals surface area contributed by atoms with Crippen LogP contribution in [0, 0.1) is 0 Å². The Morgan fingerprint density at radius 3 is 2.70 bits per heavy atom. The zero-order valence-corrected chi connectivity index (χ0v) is 19.6. The molecule has 13 heteroatoms. The number of nitrogens with zero attached hydrogens (tertiary/aromatic N) is 3. The number of aliphatic carboxylic acids is 1. The maximum Gasteiger partial charge on any atom is 0.323 e. The van der Waals surface area contributed by atoms with Crippen molar-refractivity contribution >= 4 is 58.0 Å². The van der Waals surface area contributed by atoms with Crippen molar-refractivity contribution < 1.29 is 33.8 Å². The predicted octanol–water partition coefficient (Wildman–Crippen LogP) is 1.09. The fourth-order valence-electron chi connectivity index (χ4n) is 3.66. The molecule has 2 fully saturated rings. The standard InChI is InChI=1S/C20H23ClN4O7S/c1-3-10-6-12(22-17(10)21)18(29)23-11-4-5-24(8-13(11)32-2)15(26)7-14-19(30)25(9-16(27)28)20(31)33-14/h7,11,13H,3-6,8-9H2,1-2H3,(H,23,29)(H,27,28)/b14-7-/t11-,13+/m1/s1. The summed E-state index contributed by atoms with van der Waals surface area (Å²) in [6, 6.07) is -0.360. The van der Waals surface area contributed by atoms with E-state index in [9.17, 15) is 24.0 Å². The van der Waals surface area contributed by atoms with Gasteiger partial charge in [-0.2, -0.15) is 0 Å². The highest BCUT2D eigenvalue weighted by Crippen LogP contribution is 2.31. The summed E-state index contributed by atoms with van der Waals surface area (Å²) in [6.07, 6.45) is 2.03. The van der Waals surface area contributed by atoms with Crippen LogP contribution in [0.4, 0.5) is 4.79 Å². The Morgan fingerprint density at radius 1 is 1.36 bits per heavy atom. The lowest BCUT2D eigenvalue weighted by atomic mass is 10.0. The maximum absolute atomic E-state index is 12.7. The summed E-state index contributed by atoms with van der Waals surface area (Å²) in [4.78, 5) is 66.2. The first kappa shape index (κ1) is 24.9. The molecule has 3 rings (SSSR count). The average molecular weight is 499 g/mol. The molecule has 0 aromatic heterocycles. The number of rotatable bonds is 7. The largest absolute Gasteiger partial charge is 0.480 e. The Kier molecular flexibility index (Phi) is 7.92. The molecule has 0 aromatic carbocycles. The van der Waals surface area contributed by atoms with Crippen molar-refractivity contribution in [3.8, 4) is 0 Å². The number of thioether (sulfide) groups is 1. The molecule has 178 valence electrons. The van der Waals surface area contributed by atoms with Crippen LogP contribution < -0.4 is 5.32 Å². The Hall–Kier alpha value is -2.70. The first-order chi connectivity index (χ1) is 15.6. The molecule has 0 unspecified atom stereocenters. The van der Waals surface area contributed by atoms with Gasteiger partial charge in [-0.25, -0.2) is 4.99 Å². The third-order valence-electron chi connectivity index (χ3n) is 5.51. The summed E-state index contributed by atoms with van der Waals surface area (Å²) in [5.74, 6) is -2.99. The molecule has 2 saturated heterocycles. The lowest BCUT2D eigenvalue weighted by molar-refractivity contribution is -0.140. The van der Waals surface area contributed by atoms with Crippen LogP contribution in [0.2, 0.25) is 0 Å². The van der Waals surface area contributed by atoms with Crippen LogP contribution in [-0.2, 0) is 23.9 Å². The number of hydrogen-bond donors (Lipinski definition) is 2. The lowest BCUT2D eigenvalue weighted by Gasteiger charge is -2.37. The Balaban J connectivity index is 1.60. The van der Waals surface area contributed by atoms with Gasteiger partial charge in [0, 0.05) is 32.7 Å². The van der Waals surface area contributed by atoms with Crippen molar-refractivity contribution in [2.24, 2.45) is 4.99 Å². The number of hydrogen-bond acceptors (Lipinski definition) is 8. The average Bonchev–Trinajstić information content (AvgIpc) is 3.28. The quantitative estimate of drug-likeness (QED) is 0.392. The molecular formula is C20H23ClN4O7S. The van der Waals surface area contributed by atoms with Gasteiger partial charge in [-0.1, -0.05) is 18.5 Å². The third-order valence-corrected chi connectivity index (χ3v) is 6.77. The summed E-state index contributed by atoms with van der Waals surface area (Å²) in [5.41, 5.74) is 1.24. The van der Waals surface area contributed by atoms with Crippen molar-refractivity contribution in [1.29, 1.82) is 0 Å². The number of halogens is 1. The summed E-state index contributed by atoms with van der Waals surface area (Å²) < 4.78 is 5.47. The fraction of sp³-hybridized carbons (Fsp3) is 0.500. The topological polar surface area (TPSA) is 146 Å². The molecular weight excluding hydrogens is 476 g/mol. The number of carbonyl (C=O) groups is 5. The van der Waals surface area contributed by atoms with Gasteiger partial charge in [0.2, 0.25) is 5.91 Å². The zero-order valence-electron chi connectivity index (χ0n) is 18.0. The van der Waals surface area contributed by atoms with Crippen molar-refractivity contribution in [1.82, 2.24) is 15.1 Å². The predicted molar refractivity (Wildman–Crippen MR) is 120 cm³/mol. The Labute approximate surface area is 198 Å². The van der Waals surface area contributed by atoms with Crippen LogP contribution in [0.3, 0.4) is 0 Å². The summed E-state index contributed by atoms with van der Waals surface area (Å²) >= 11 is 6.57. The SMILES string of the molecule is CCC1=C(Cl)N=C(C(=O)N[C@@H]2CCN(C(=O)/C=C3\SC(=O)N(CC(=O)O)C3=O)C[C@@H]2OC)C1. The maximum atomic E-state index is 12.7. The number of amides is 4. The van der Waals surface area contributed by atoms with E-state index in [0.717, 1.165) is 11.6 Å². The summed E-state index contributed by atoms with van der Waals surface area (Å²) in [5, 5.41) is 11.3. The van der Waals surface area contributed by atoms with Crippen molar-refractivity contribution in [3.63, 3.8) is 0 Å². The normalized spacial score (nSPS) is 24.6. The number of aliphatic imine (C=N–C) groups is 1. The highest BCUT2D eigenvalue weighted by Gasteiger charge is 2.38. The zero-order chi connectivity index (χ0) is 24.3. The smallest absolute Gasteiger partial charge is 0.323 e. The number of ether oxygens (including phenoxy) is 1. The van der Waals surface area contributed by atoms with Crippen LogP contribution in [0.25, 0.3) is 0 Å². The van der Waals surface area contributed by atoms with E-state index >= 15 is 0 Å². The van der Waals surface area contributed by atoms with Gasteiger partial charge in [0.1, 0.15) is 17.4 Å².